The molecule has 2 unspecified atom stereocenters. The van der Waals surface area contributed by atoms with Crippen LogP contribution in [0.4, 0.5) is 11.4 Å². The van der Waals surface area contributed by atoms with Crippen molar-refractivity contribution >= 4 is 17.3 Å². The second kappa shape index (κ2) is 6.24. The van der Waals surface area contributed by atoms with Crippen molar-refractivity contribution in [2.75, 3.05) is 38.0 Å². The fraction of sp³-hybridized carbons (Fsp3) is 0.533. The lowest BCUT2D eigenvalue weighted by Crippen LogP contribution is -2.35. The summed E-state index contributed by atoms with van der Waals surface area (Å²) >= 11 is 0. The van der Waals surface area contributed by atoms with Gasteiger partial charge in [0, 0.05) is 39.1 Å². The molecule has 5 nitrogen and oxygen atoms in total. The highest BCUT2D eigenvalue weighted by Gasteiger charge is 2.29. The van der Waals surface area contributed by atoms with Crippen LogP contribution in [0.3, 0.4) is 0 Å². The van der Waals surface area contributed by atoms with Crippen molar-refractivity contribution in [3.05, 3.63) is 23.8 Å². The summed E-state index contributed by atoms with van der Waals surface area (Å²) in [6.07, 6.45) is 0.847. The minimum absolute atomic E-state index is 0.00486. The lowest BCUT2D eigenvalue weighted by molar-refractivity contribution is -0.118. The zero-order valence-electron chi connectivity index (χ0n) is 12.6. The van der Waals surface area contributed by atoms with E-state index in [0.29, 0.717) is 0 Å². The Bertz CT molecular complexity index is 488. The highest BCUT2D eigenvalue weighted by atomic mass is 16.5. The lowest BCUT2D eigenvalue weighted by Gasteiger charge is -2.17. The first-order valence-electron chi connectivity index (χ1n) is 6.86. The molecule has 5 heteroatoms. The highest BCUT2D eigenvalue weighted by molar-refractivity contribution is 5.95. The maximum absolute atomic E-state index is 12.2. The first kappa shape index (κ1) is 14.8. The number of anilines is 2. The normalized spacial score (nSPS) is 21.8. The molecule has 2 rings (SSSR count). The number of carbonyl (C=O) groups excluding carboxylic acids is 1. The molecule has 20 heavy (non-hydrogen) atoms. The molecule has 1 aliphatic rings. The first-order chi connectivity index (χ1) is 9.51. The average Bonchev–Trinajstić information content (AvgIpc) is 2.89. The Labute approximate surface area is 120 Å². The summed E-state index contributed by atoms with van der Waals surface area (Å²) in [5, 5.41) is 6.17. The Morgan fingerprint density at radius 2 is 2.20 bits per heavy atom. The standard InChI is InChI=1S/C15H23N3O2/c1-10-7-11(18(2)3)5-6-13(10)17-15(19)14-8-12(20-4)9-16-14/h5-7,12,14,16H,8-9H2,1-4H3,(H,17,19). The molecule has 1 aromatic rings. The summed E-state index contributed by atoms with van der Waals surface area (Å²) < 4.78 is 5.26. The van der Waals surface area contributed by atoms with E-state index in [9.17, 15) is 4.79 Å². The number of nitrogens with one attached hydrogen (secondary N) is 2. The maximum atomic E-state index is 12.2. The van der Waals surface area contributed by atoms with Gasteiger partial charge in [0.25, 0.3) is 0 Å². The number of hydrogen-bond acceptors (Lipinski definition) is 4. The Morgan fingerprint density at radius 1 is 1.45 bits per heavy atom. The summed E-state index contributed by atoms with van der Waals surface area (Å²) in [7, 11) is 5.68. The predicted octanol–water partition coefficient (Wildman–Crippen LogP) is 1.38. The molecule has 110 valence electrons. The molecule has 1 saturated heterocycles. The van der Waals surface area contributed by atoms with Gasteiger partial charge in [-0.3, -0.25) is 4.79 Å². The van der Waals surface area contributed by atoms with Crippen LogP contribution in [-0.4, -0.2) is 45.8 Å². The van der Waals surface area contributed by atoms with E-state index in [2.05, 4.69) is 16.7 Å². The molecule has 1 aliphatic heterocycles. The van der Waals surface area contributed by atoms with E-state index < -0.39 is 0 Å². The summed E-state index contributed by atoms with van der Waals surface area (Å²) in [6, 6.07) is 5.84. The fourth-order valence-corrected chi connectivity index (χ4v) is 2.37. The van der Waals surface area contributed by atoms with Gasteiger partial charge in [-0.25, -0.2) is 0 Å². The van der Waals surface area contributed by atoms with Gasteiger partial charge in [-0.05, 0) is 37.1 Å². The van der Waals surface area contributed by atoms with Crippen LogP contribution in [0, 0.1) is 6.92 Å². The number of carbonyl (C=O) groups is 1. The maximum Gasteiger partial charge on any atom is 0.241 e. The van der Waals surface area contributed by atoms with Gasteiger partial charge in [0.1, 0.15) is 0 Å². The molecule has 0 aromatic heterocycles. The van der Waals surface area contributed by atoms with E-state index in [0.717, 1.165) is 29.9 Å². The van der Waals surface area contributed by atoms with Gasteiger partial charge < -0.3 is 20.3 Å². The predicted molar refractivity (Wildman–Crippen MR) is 81.3 cm³/mol. The van der Waals surface area contributed by atoms with Crippen molar-refractivity contribution in [3.8, 4) is 0 Å². The largest absolute Gasteiger partial charge is 0.380 e. The van der Waals surface area contributed by atoms with Crippen molar-refractivity contribution in [1.82, 2.24) is 5.32 Å². The number of amides is 1. The van der Waals surface area contributed by atoms with Gasteiger partial charge >= 0.3 is 0 Å². The van der Waals surface area contributed by atoms with E-state index >= 15 is 0 Å². The molecule has 2 N–H and O–H groups in total. The third kappa shape index (κ3) is 3.29. The van der Waals surface area contributed by atoms with Crippen LogP contribution in [0.1, 0.15) is 12.0 Å². The molecule has 1 heterocycles. The SMILES string of the molecule is COC1CNC(C(=O)Nc2ccc(N(C)C)cc2C)C1. The lowest BCUT2D eigenvalue weighted by atomic mass is 10.1. The van der Waals surface area contributed by atoms with E-state index in [1.54, 1.807) is 7.11 Å². The molecular formula is C15H23N3O2. The quantitative estimate of drug-likeness (QED) is 0.873. The van der Waals surface area contributed by atoms with E-state index in [1.807, 2.05) is 38.1 Å². The Balaban J connectivity index is 2.01. The van der Waals surface area contributed by atoms with Crippen LogP contribution in [0.25, 0.3) is 0 Å². The summed E-state index contributed by atoms with van der Waals surface area (Å²) in [6.45, 7) is 2.73. The van der Waals surface area contributed by atoms with Crippen molar-refractivity contribution in [3.63, 3.8) is 0 Å². The number of benzene rings is 1. The Morgan fingerprint density at radius 3 is 2.75 bits per heavy atom. The third-order valence-electron chi connectivity index (χ3n) is 3.72. The summed E-state index contributed by atoms with van der Waals surface area (Å²) in [5.74, 6) is 0.00486. The van der Waals surface area contributed by atoms with Gasteiger partial charge in [-0.1, -0.05) is 0 Å². The zero-order valence-corrected chi connectivity index (χ0v) is 12.6. The number of rotatable bonds is 4. The summed E-state index contributed by atoms with van der Waals surface area (Å²) in [4.78, 5) is 14.2. The van der Waals surface area contributed by atoms with Gasteiger partial charge in [-0.2, -0.15) is 0 Å². The smallest absolute Gasteiger partial charge is 0.241 e. The molecule has 0 bridgehead atoms. The highest BCUT2D eigenvalue weighted by Crippen LogP contribution is 2.22. The minimum Gasteiger partial charge on any atom is -0.380 e. The number of ether oxygens (including phenoxy) is 1. The molecule has 0 radical (unpaired) electrons. The van der Waals surface area contributed by atoms with E-state index in [4.69, 9.17) is 4.74 Å². The first-order valence-corrected chi connectivity index (χ1v) is 6.86. The van der Waals surface area contributed by atoms with Crippen molar-refractivity contribution < 1.29 is 9.53 Å². The van der Waals surface area contributed by atoms with Crippen LogP contribution in [0.5, 0.6) is 0 Å². The molecule has 1 aromatic carbocycles. The second-order valence-electron chi connectivity index (χ2n) is 5.44. The van der Waals surface area contributed by atoms with Crippen LogP contribution < -0.4 is 15.5 Å². The molecule has 1 fully saturated rings. The Hall–Kier alpha value is -1.59. The van der Waals surface area contributed by atoms with Crippen LogP contribution >= 0.6 is 0 Å². The molecule has 0 aliphatic carbocycles. The average molecular weight is 277 g/mol. The van der Waals surface area contributed by atoms with Crippen LogP contribution in [0.15, 0.2) is 18.2 Å². The molecule has 2 atom stereocenters. The van der Waals surface area contributed by atoms with E-state index in [-0.39, 0.29) is 18.1 Å². The van der Waals surface area contributed by atoms with E-state index in [1.165, 1.54) is 0 Å². The summed E-state index contributed by atoms with van der Waals surface area (Å²) in [5.41, 5.74) is 3.05. The topological polar surface area (TPSA) is 53.6 Å². The molecule has 1 amide bonds. The number of methoxy groups -OCH3 is 1. The van der Waals surface area contributed by atoms with Crippen molar-refractivity contribution in [1.29, 1.82) is 0 Å². The van der Waals surface area contributed by atoms with Crippen LogP contribution in [0.2, 0.25) is 0 Å². The van der Waals surface area contributed by atoms with Crippen molar-refractivity contribution in [2.45, 2.75) is 25.5 Å². The van der Waals surface area contributed by atoms with Gasteiger partial charge in [0.05, 0.1) is 12.1 Å². The minimum atomic E-state index is -0.173. The number of hydrogen-bond donors (Lipinski definition) is 2. The second-order valence-corrected chi connectivity index (χ2v) is 5.44. The zero-order chi connectivity index (χ0) is 14.7. The monoisotopic (exact) mass is 277 g/mol. The molecule has 0 spiro atoms. The molecule has 0 saturated carbocycles. The van der Waals surface area contributed by atoms with Gasteiger partial charge in [0.15, 0.2) is 0 Å². The van der Waals surface area contributed by atoms with Crippen molar-refractivity contribution in [2.24, 2.45) is 0 Å². The van der Waals surface area contributed by atoms with Gasteiger partial charge in [-0.15, -0.1) is 0 Å². The fourth-order valence-electron chi connectivity index (χ4n) is 2.37. The van der Waals surface area contributed by atoms with Crippen LogP contribution in [-0.2, 0) is 9.53 Å². The van der Waals surface area contributed by atoms with Gasteiger partial charge in [0.2, 0.25) is 5.91 Å². The Kier molecular flexibility index (Phi) is 4.62. The third-order valence-corrected chi connectivity index (χ3v) is 3.72. The number of nitrogens with zero attached hydrogens (tertiary/aromatic N) is 1. The number of aryl methyl sites for hydroxylation is 1. The molecular weight excluding hydrogens is 254 g/mol.